The van der Waals surface area contributed by atoms with E-state index in [0.717, 1.165) is 22.4 Å². The highest BCUT2D eigenvalue weighted by molar-refractivity contribution is 9.10. The molecule has 0 bridgehead atoms. The molecule has 0 unspecified atom stereocenters. The minimum Gasteiger partial charge on any atom is -0.481 e. The lowest BCUT2D eigenvalue weighted by molar-refractivity contribution is -0.137. The molecule has 0 saturated heterocycles. The molecule has 114 valence electrons. The van der Waals surface area contributed by atoms with E-state index >= 15 is 0 Å². The number of carbonyl (C=O) groups is 1. The van der Waals surface area contributed by atoms with Gasteiger partial charge < -0.3 is 5.11 Å². The van der Waals surface area contributed by atoms with Gasteiger partial charge in [0.1, 0.15) is 0 Å². The maximum Gasteiger partial charge on any atom is 0.304 e. The van der Waals surface area contributed by atoms with Gasteiger partial charge in [-0.1, -0.05) is 0 Å². The first-order valence-corrected chi connectivity index (χ1v) is 7.64. The number of carboxylic acid groups (broad SMARTS) is 1. The van der Waals surface area contributed by atoms with E-state index in [2.05, 4.69) is 53.6 Å². The summed E-state index contributed by atoms with van der Waals surface area (Å²) >= 11 is 3.59. The molecular weight excluding hydrogens is 322 g/mol. The van der Waals surface area contributed by atoms with Crippen LogP contribution >= 0.6 is 15.9 Å². The third kappa shape index (κ3) is 4.31. The third-order valence-electron chi connectivity index (χ3n) is 3.34. The fourth-order valence-electron chi connectivity index (χ4n) is 2.08. The van der Waals surface area contributed by atoms with Crippen LogP contribution in [0, 0.1) is 6.92 Å². The van der Waals surface area contributed by atoms with E-state index in [1.807, 2.05) is 11.6 Å². The number of aliphatic carboxylic acids is 1. The van der Waals surface area contributed by atoms with Gasteiger partial charge in [0.2, 0.25) is 0 Å². The number of aryl methyl sites for hydroxylation is 2. The first kappa shape index (κ1) is 17.2. The maximum atomic E-state index is 10.8. The van der Waals surface area contributed by atoms with Crippen LogP contribution in [0.25, 0.3) is 0 Å². The Hall–Kier alpha value is -0.880. The van der Waals surface area contributed by atoms with Crippen molar-refractivity contribution in [1.29, 1.82) is 0 Å². The van der Waals surface area contributed by atoms with E-state index in [1.54, 1.807) is 0 Å². The lowest BCUT2D eigenvalue weighted by Gasteiger charge is -2.35. The van der Waals surface area contributed by atoms with Crippen molar-refractivity contribution >= 4 is 21.9 Å². The number of nitrogens with zero attached hydrogens (tertiary/aromatic N) is 3. The predicted molar refractivity (Wildman–Crippen MR) is 82.8 cm³/mol. The summed E-state index contributed by atoms with van der Waals surface area (Å²) in [6.45, 7) is 12.3. The topological polar surface area (TPSA) is 58.4 Å². The minimum atomic E-state index is -0.765. The molecule has 0 atom stereocenters. The molecule has 0 aromatic carbocycles. The van der Waals surface area contributed by atoms with Gasteiger partial charge in [0.15, 0.2) is 0 Å². The van der Waals surface area contributed by atoms with Gasteiger partial charge in [-0.2, -0.15) is 5.10 Å². The number of aromatic nitrogens is 2. The van der Waals surface area contributed by atoms with Crippen molar-refractivity contribution in [3.05, 3.63) is 15.9 Å². The molecule has 0 spiro atoms. The molecule has 0 aliphatic carbocycles. The van der Waals surface area contributed by atoms with Crippen molar-refractivity contribution in [3.63, 3.8) is 0 Å². The number of halogens is 1. The Bertz CT molecular complexity index is 477. The van der Waals surface area contributed by atoms with E-state index < -0.39 is 5.97 Å². The van der Waals surface area contributed by atoms with Gasteiger partial charge in [-0.15, -0.1) is 0 Å². The second-order valence-corrected chi connectivity index (χ2v) is 6.69. The monoisotopic (exact) mass is 345 g/mol. The summed E-state index contributed by atoms with van der Waals surface area (Å²) in [6.07, 6.45) is 0.147. The molecule has 0 saturated carbocycles. The Balaban J connectivity index is 2.98. The first-order valence-electron chi connectivity index (χ1n) is 6.85. The second-order valence-electron chi connectivity index (χ2n) is 5.90. The maximum absolute atomic E-state index is 10.8. The molecule has 6 heteroatoms. The molecule has 0 radical (unpaired) electrons. The van der Waals surface area contributed by atoms with Gasteiger partial charge >= 0.3 is 5.97 Å². The summed E-state index contributed by atoms with van der Waals surface area (Å²) in [7, 11) is 0. The molecule has 1 N–H and O–H groups in total. The van der Waals surface area contributed by atoms with E-state index in [9.17, 15) is 4.79 Å². The van der Waals surface area contributed by atoms with E-state index in [1.165, 1.54) is 0 Å². The highest BCUT2D eigenvalue weighted by atomic mass is 79.9. The average Bonchev–Trinajstić information content (AvgIpc) is 2.59. The zero-order valence-corrected chi connectivity index (χ0v) is 14.5. The summed E-state index contributed by atoms with van der Waals surface area (Å²) in [4.78, 5) is 13.0. The molecule has 1 aromatic heterocycles. The Morgan fingerprint density at radius 2 is 2.05 bits per heavy atom. The van der Waals surface area contributed by atoms with Gasteiger partial charge in [-0.25, -0.2) is 0 Å². The zero-order valence-electron chi connectivity index (χ0n) is 12.9. The zero-order chi connectivity index (χ0) is 15.5. The van der Waals surface area contributed by atoms with Crippen LogP contribution in [0.3, 0.4) is 0 Å². The van der Waals surface area contributed by atoms with Crippen molar-refractivity contribution < 1.29 is 9.90 Å². The fourth-order valence-corrected chi connectivity index (χ4v) is 2.49. The van der Waals surface area contributed by atoms with Crippen LogP contribution in [0.5, 0.6) is 0 Å². The fraction of sp³-hybridized carbons (Fsp3) is 0.714. The SMILES string of the molecule is CCn1nc(C)c(Br)c1CN(CCC(=O)O)C(C)(C)C. The van der Waals surface area contributed by atoms with Gasteiger partial charge in [-0.05, 0) is 50.5 Å². The first-order chi connectivity index (χ1) is 9.16. The molecule has 0 amide bonds. The minimum absolute atomic E-state index is 0.0916. The van der Waals surface area contributed by atoms with Crippen LogP contribution in [0.1, 0.15) is 45.5 Å². The predicted octanol–water partition coefficient (Wildman–Crippen LogP) is 3.05. The number of hydrogen-bond donors (Lipinski definition) is 1. The van der Waals surface area contributed by atoms with Crippen molar-refractivity contribution in [1.82, 2.24) is 14.7 Å². The Morgan fingerprint density at radius 1 is 1.45 bits per heavy atom. The van der Waals surface area contributed by atoms with Gasteiger partial charge in [0.25, 0.3) is 0 Å². The smallest absolute Gasteiger partial charge is 0.304 e. The van der Waals surface area contributed by atoms with Gasteiger partial charge in [0, 0.05) is 25.2 Å². The van der Waals surface area contributed by atoms with E-state index in [4.69, 9.17) is 5.11 Å². The quantitative estimate of drug-likeness (QED) is 0.860. The van der Waals surface area contributed by atoms with Crippen molar-refractivity contribution in [3.8, 4) is 0 Å². The lowest BCUT2D eigenvalue weighted by Crippen LogP contribution is -2.42. The number of rotatable bonds is 6. The van der Waals surface area contributed by atoms with Crippen LogP contribution in [-0.2, 0) is 17.9 Å². The van der Waals surface area contributed by atoms with Crippen molar-refractivity contribution in [2.24, 2.45) is 0 Å². The van der Waals surface area contributed by atoms with Crippen LogP contribution in [0.15, 0.2) is 4.47 Å². The largest absolute Gasteiger partial charge is 0.481 e. The Morgan fingerprint density at radius 3 is 2.50 bits per heavy atom. The van der Waals surface area contributed by atoms with Crippen molar-refractivity contribution in [2.45, 2.75) is 59.7 Å². The Kier molecular flexibility index (Phi) is 5.77. The second kappa shape index (κ2) is 6.72. The van der Waals surface area contributed by atoms with Crippen molar-refractivity contribution in [2.75, 3.05) is 6.54 Å². The van der Waals surface area contributed by atoms with Crippen LogP contribution in [0.4, 0.5) is 0 Å². The third-order valence-corrected chi connectivity index (χ3v) is 4.37. The average molecular weight is 346 g/mol. The van der Waals surface area contributed by atoms with Crippen LogP contribution in [-0.4, -0.2) is 37.8 Å². The normalized spacial score (nSPS) is 12.2. The Labute approximate surface area is 129 Å². The van der Waals surface area contributed by atoms with Crippen LogP contribution in [0.2, 0.25) is 0 Å². The summed E-state index contributed by atoms with van der Waals surface area (Å²) in [5.74, 6) is -0.765. The number of carboxylic acids is 1. The highest BCUT2D eigenvalue weighted by Crippen LogP contribution is 2.25. The molecule has 0 fully saturated rings. The molecule has 20 heavy (non-hydrogen) atoms. The van der Waals surface area contributed by atoms with E-state index in [-0.39, 0.29) is 12.0 Å². The number of hydrogen-bond acceptors (Lipinski definition) is 3. The molecule has 0 aliphatic heterocycles. The standard InChI is InChI=1S/C14H24BrN3O2/c1-6-18-11(13(15)10(2)16-18)9-17(14(3,4)5)8-7-12(19)20/h6-9H2,1-5H3,(H,19,20). The van der Waals surface area contributed by atoms with Gasteiger partial charge in [0.05, 0.1) is 22.3 Å². The summed E-state index contributed by atoms with van der Waals surface area (Å²) in [5.41, 5.74) is 1.98. The summed E-state index contributed by atoms with van der Waals surface area (Å²) in [6, 6.07) is 0. The molecule has 1 aromatic rings. The summed E-state index contributed by atoms with van der Waals surface area (Å²) in [5, 5.41) is 13.4. The molecule has 1 rings (SSSR count). The lowest BCUT2D eigenvalue weighted by atomic mass is 10.1. The van der Waals surface area contributed by atoms with E-state index in [0.29, 0.717) is 13.1 Å². The molecular formula is C14H24BrN3O2. The van der Waals surface area contributed by atoms with Crippen LogP contribution < -0.4 is 0 Å². The highest BCUT2D eigenvalue weighted by Gasteiger charge is 2.25. The van der Waals surface area contributed by atoms with Gasteiger partial charge in [-0.3, -0.25) is 14.4 Å². The molecule has 0 aliphatic rings. The summed E-state index contributed by atoms with van der Waals surface area (Å²) < 4.78 is 2.99. The molecule has 5 nitrogen and oxygen atoms in total. The molecule has 1 heterocycles.